The minimum absolute atomic E-state index is 0.167. The van der Waals surface area contributed by atoms with Crippen LogP contribution in [0.3, 0.4) is 0 Å². The molecule has 0 saturated carbocycles. The predicted octanol–water partition coefficient (Wildman–Crippen LogP) is 3.52. The van der Waals surface area contributed by atoms with Crippen molar-refractivity contribution < 1.29 is 9.13 Å². The third kappa shape index (κ3) is 2.02. The zero-order valence-corrected chi connectivity index (χ0v) is 12.2. The number of fused-ring (bicyclic) bond motifs is 1. The van der Waals surface area contributed by atoms with Gasteiger partial charge in [0.2, 0.25) is 5.95 Å². The first-order chi connectivity index (χ1) is 9.60. The lowest BCUT2D eigenvalue weighted by molar-refractivity contribution is 0.386. The summed E-state index contributed by atoms with van der Waals surface area (Å²) in [6.45, 7) is 0. The Morgan fingerprint density at radius 1 is 1.25 bits per heavy atom. The SMILES string of the molecule is COc1cc(-n2c(N)nc3cc(Br)ccc32)ccc1F. The van der Waals surface area contributed by atoms with Crippen LogP contribution >= 0.6 is 15.9 Å². The van der Waals surface area contributed by atoms with Crippen molar-refractivity contribution in [2.45, 2.75) is 0 Å². The minimum atomic E-state index is -0.415. The number of halogens is 2. The fourth-order valence-corrected chi connectivity index (χ4v) is 2.48. The van der Waals surface area contributed by atoms with Gasteiger partial charge in [-0.2, -0.15) is 0 Å². The van der Waals surface area contributed by atoms with Crippen LogP contribution in [0.4, 0.5) is 10.3 Å². The number of hydrogen-bond acceptors (Lipinski definition) is 3. The number of nitrogens with zero attached hydrogens (tertiary/aromatic N) is 2. The summed E-state index contributed by atoms with van der Waals surface area (Å²) in [5, 5.41) is 0. The maximum absolute atomic E-state index is 13.5. The van der Waals surface area contributed by atoms with Crippen molar-refractivity contribution in [3.63, 3.8) is 0 Å². The summed E-state index contributed by atoms with van der Waals surface area (Å²) in [4.78, 5) is 4.30. The van der Waals surface area contributed by atoms with E-state index >= 15 is 0 Å². The molecule has 2 N–H and O–H groups in total. The second-order valence-corrected chi connectivity index (χ2v) is 5.17. The highest BCUT2D eigenvalue weighted by Gasteiger charge is 2.12. The van der Waals surface area contributed by atoms with Crippen molar-refractivity contribution in [3.05, 3.63) is 46.7 Å². The summed E-state index contributed by atoms with van der Waals surface area (Å²) in [6.07, 6.45) is 0. The molecule has 102 valence electrons. The third-order valence-corrected chi connectivity index (χ3v) is 3.53. The van der Waals surface area contributed by atoms with E-state index < -0.39 is 5.82 Å². The van der Waals surface area contributed by atoms with Gasteiger partial charge in [-0.25, -0.2) is 9.37 Å². The standard InChI is InChI=1S/C14H11BrFN3O/c1-20-13-7-9(3-4-10(13)16)19-12-5-2-8(15)6-11(12)18-14(19)17/h2-7H,1H3,(H2,17,18). The highest BCUT2D eigenvalue weighted by Crippen LogP contribution is 2.28. The van der Waals surface area contributed by atoms with Gasteiger partial charge in [0.1, 0.15) is 0 Å². The lowest BCUT2D eigenvalue weighted by Gasteiger charge is -2.09. The van der Waals surface area contributed by atoms with Gasteiger partial charge < -0.3 is 10.5 Å². The molecule has 0 aliphatic carbocycles. The highest BCUT2D eigenvalue weighted by molar-refractivity contribution is 9.10. The van der Waals surface area contributed by atoms with Gasteiger partial charge in [0.05, 0.1) is 23.8 Å². The average molecular weight is 336 g/mol. The smallest absolute Gasteiger partial charge is 0.205 e. The number of imidazole rings is 1. The molecule has 3 aromatic rings. The van der Waals surface area contributed by atoms with Gasteiger partial charge in [0.25, 0.3) is 0 Å². The second kappa shape index (κ2) is 4.79. The Kier molecular flexibility index (Phi) is 3.10. The fourth-order valence-electron chi connectivity index (χ4n) is 2.13. The summed E-state index contributed by atoms with van der Waals surface area (Å²) in [6, 6.07) is 10.3. The van der Waals surface area contributed by atoms with Crippen LogP contribution in [-0.2, 0) is 0 Å². The molecular weight excluding hydrogens is 325 g/mol. The Hall–Kier alpha value is -2.08. The number of anilines is 1. The van der Waals surface area contributed by atoms with Crippen LogP contribution in [0.15, 0.2) is 40.9 Å². The molecule has 0 radical (unpaired) electrons. The van der Waals surface area contributed by atoms with Gasteiger partial charge in [-0.15, -0.1) is 0 Å². The summed E-state index contributed by atoms with van der Waals surface area (Å²) in [5.41, 5.74) is 8.28. The molecular formula is C14H11BrFN3O. The van der Waals surface area contributed by atoms with Crippen LogP contribution in [0, 0.1) is 5.82 Å². The number of nitrogen functional groups attached to an aromatic ring is 1. The molecule has 1 heterocycles. The number of rotatable bonds is 2. The van der Waals surface area contributed by atoms with E-state index in [9.17, 15) is 4.39 Å². The summed E-state index contributed by atoms with van der Waals surface area (Å²) in [5.74, 6) is 0.0922. The molecule has 0 saturated heterocycles. The fraction of sp³-hybridized carbons (Fsp3) is 0.0714. The molecule has 0 unspecified atom stereocenters. The van der Waals surface area contributed by atoms with Crippen molar-refractivity contribution >= 4 is 32.9 Å². The van der Waals surface area contributed by atoms with Gasteiger partial charge in [-0.05, 0) is 30.3 Å². The van der Waals surface area contributed by atoms with Gasteiger partial charge in [0, 0.05) is 10.5 Å². The van der Waals surface area contributed by atoms with E-state index in [1.807, 2.05) is 18.2 Å². The van der Waals surface area contributed by atoms with E-state index in [0.29, 0.717) is 11.6 Å². The van der Waals surface area contributed by atoms with E-state index in [2.05, 4.69) is 20.9 Å². The van der Waals surface area contributed by atoms with E-state index in [1.54, 1.807) is 16.7 Å². The molecule has 0 atom stereocenters. The van der Waals surface area contributed by atoms with Crippen LogP contribution in [0.5, 0.6) is 5.75 Å². The molecule has 0 aliphatic heterocycles. The van der Waals surface area contributed by atoms with Gasteiger partial charge in [-0.3, -0.25) is 4.57 Å². The first kappa shape index (κ1) is 12.9. The zero-order valence-electron chi connectivity index (χ0n) is 10.6. The molecule has 0 aliphatic rings. The third-order valence-electron chi connectivity index (χ3n) is 3.04. The summed E-state index contributed by atoms with van der Waals surface area (Å²) < 4.78 is 21.2. The van der Waals surface area contributed by atoms with E-state index in [-0.39, 0.29) is 5.75 Å². The van der Waals surface area contributed by atoms with Crippen molar-refractivity contribution in [1.82, 2.24) is 9.55 Å². The molecule has 1 aromatic heterocycles. The topological polar surface area (TPSA) is 53.1 Å². The van der Waals surface area contributed by atoms with Crippen LogP contribution in [0.2, 0.25) is 0 Å². The quantitative estimate of drug-likeness (QED) is 0.779. The molecule has 0 bridgehead atoms. The molecule has 20 heavy (non-hydrogen) atoms. The maximum atomic E-state index is 13.5. The van der Waals surface area contributed by atoms with Crippen molar-refractivity contribution in [3.8, 4) is 11.4 Å². The van der Waals surface area contributed by atoms with Gasteiger partial charge in [0.15, 0.2) is 11.6 Å². The number of ether oxygens (including phenoxy) is 1. The molecule has 6 heteroatoms. The normalized spacial score (nSPS) is 10.9. The van der Waals surface area contributed by atoms with Crippen LogP contribution in [0.1, 0.15) is 0 Å². The maximum Gasteiger partial charge on any atom is 0.205 e. The molecule has 0 amide bonds. The molecule has 0 spiro atoms. The largest absolute Gasteiger partial charge is 0.494 e. The second-order valence-electron chi connectivity index (χ2n) is 4.26. The van der Waals surface area contributed by atoms with Crippen LogP contribution < -0.4 is 10.5 Å². The number of aromatic nitrogens is 2. The summed E-state index contributed by atoms with van der Waals surface area (Å²) >= 11 is 3.40. The predicted molar refractivity (Wildman–Crippen MR) is 79.7 cm³/mol. The Balaban J connectivity index is 2.26. The molecule has 4 nitrogen and oxygen atoms in total. The monoisotopic (exact) mass is 335 g/mol. The Morgan fingerprint density at radius 2 is 2.05 bits per heavy atom. The zero-order chi connectivity index (χ0) is 14.3. The lowest BCUT2D eigenvalue weighted by Crippen LogP contribution is -2.01. The van der Waals surface area contributed by atoms with E-state index in [1.165, 1.54) is 13.2 Å². The average Bonchev–Trinajstić information content (AvgIpc) is 2.74. The van der Waals surface area contributed by atoms with E-state index in [4.69, 9.17) is 10.5 Å². The molecule has 3 rings (SSSR count). The van der Waals surface area contributed by atoms with Crippen molar-refractivity contribution in [2.24, 2.45) is 0 Å². The Bertz CT molecular complexity index is 800. The van der Waals surface area contributed by atoms with E-state index in [0.717, 1.165) is 15.5 Å². The number of methoxy groups -OCH3 is 1. The van der Waals surface area contributed by atoms with Gasteiger partial charge >= 0.3 is 0 Å². The first-order valence-corrected chi connectivity index (χ1v) is 6.67. The van der Waals surface area contributed by atoms with Crippen LogP contribution in [0.25, 0.3) is 16.7 Å². The lowest BCUT2D eigenvalue weighted by atomic mass is 10.2. The Labute approximate surface area is 123 Å². The first-order valence-electron chi connectivity index (χ1n) is 5.87. The van der Waals surface area contributed by atoms with Crippen molar-refractivity contribution in [1.29, 1.82) is 0 Å². The number of nitrogens with two attached hydrogens (primary N) is 1. The van der Waals surface area contributed by atoms with Crippen LogP contribution in [-0.4, -0.2) is 16.7 Å². The van der Waals surface area contributed by atoms with Gasteiger partial charge in [-0.1, -0.05) is 15.9 Å². The van der Waals surface area contributed by atoms with Crippen molar-refractivity contribution in [2.75, 3.05) is 12.8 Å². The number of hydrogen-bond donors (Lipinski definition) is 1. The molecule has 2 aromatic carbocycles. The minimum Gasteiger partial charge on any atom is -0.494 e. The number of benzene rings is 2. The summed E-state index contributed by atoms with van der Waals surface area (Å²) in [7, 11) is 1.43. The highest BCUT2D eigenvalue weighted by atomic mass is 79.9. The molecule has 0 fully saturated rings. The Morgan fingerprint density at radius 3 is 2.80 bits per heavy atom.